The Labute approximate surface area is 146 Å². The molecular formula is C18H22N6O. The van der Waals surface area contributed by atoms with Gasteiger partial charge in [0.2, 0.25) is 11.7 Å². The highest BCUT2D eigenvalue weighted by Crippen LogP contribution is 2.23. The molecule has 0 radical (unpaired) electrons. The Balaban J connectivity index is 1.48. The molecule has 0 bridgehead atoms. The van der Waals surface area contributed by atoms with Crippen molar-refractivity contribution >= 4 is 0 Å². The van der Waals surface area contributed by atoms with Gasteiger partial charge in [0, 0.05) is 11.6 Å². The molecular weight excluding hydrogens is 316 g/mol. The van der Waals surface area contributed by atoms with E-state index in [1.807, 2.05) is 22.9 Å². The van der Waals surface area contributed by atoms with Crippen LogP contribution in [0.2, 0.25) is 0 Å². The number of likely N-dealkylation sites (tertiary alicyclic amines) is 1. The van der Waals surface area contributed by atoms with Gasteiger partial charge in [0.25, 0.3) is 0 Å². The van der Waals surface area contributed by atoms with E-state index >= 15 is 0 Å². The Morgan fingerprint density at radius 3 is 3.00 bits per heavy atom. The predicted molar refractivity (Wildman–Crippen MR) is 92.5 cm³/mol. The second kappa shape index (κ2) is 7.14. The third kappa shape index (κ3) is 3.61. The number of benzene rings is 1. The van der Waals surface area contributed by atoms with Gasteiger partial charge >= 0.3 is 0 Å². The largest absolute Gasteiger partial charge is 0.338 e. The normalized spacial score (nSPS) is 18.5. The molecule has 0 saturated carbocycles. The zero-order valence-electron chi connectivity index (χ0n) is 14.4. The smallest absolute Gasteiger partial charge is 0.241 e. The molecule has 0 aliphatic carbocycles. The van der Waals surface area contributed by atoms with Gasteiger partial charge in [-0.25, -0.2) is 4.98 Å². The SMILES string of the molecule is Cc1ccccc1-c1noc(CN2CCCC[C@@H]2Cn2cncn2)n1. The highest BCUT2D eigenvalue weighted by Gasteiger charge is 2.25. The molecule has 0 unspecified atom stereocenters. The quantitative estimate of drug-likeness (QED) is 0.712. The lowest BCUT2D eigenvalue weighted by Crippen LogP contribution is -2.41. The number of aryl methyl sites for hydroxylation is 1. The summed E-state index contributed by atoms with van der Waals surface area (Å²) in [5, 5.41) is 8.41. The summed E-state index contributed by atoms with van der Waals surface area (Å²) in [5.74, 6) is 1.33. The standard InChI is InChI=1S/C18H22N6O/c1-14-6-2-3-8-16(14)18-21-17(25-22-18)11-23-9-5-4-7-15(23)10-24-13-19-12-20-24/h2-3,6,8,12-13,15H,4-5,7,9-11H2,1H3/t15-/m1/s1. The maximum Gasteiger partial charge on any atom is 0.241 e. The van der Waals surface area contributed by atoms with E-state index in [1.54, 1.807) is 12.7 Å². The Morgan fingerprint density at radius 2 is 2.16 bits per heavy atom. The molecule has 1 aliphatic rings. The van der Waals surface area contributed by atoms with Crippen molar-refractivity contribution in [2.45, 2.75) is 45.3 Å². The molecule has 0 spiro atoms. The zero-order chi connectivity index (χ0) is 17.1. The second-order valence-electron chi connectivity index (χ2n) is 6.56. The van der Waals surface area contributed by atoms with Crippen molar-refractivity contribution in [3.05, 3.63) is 48.4 Å². The molecule has 2 aromatic heterocycles. The van der Waals surface area contributed by atoms with E-state index < -0.39 is 0 Å². The van der Waals surface area contributed by atoms with Gasteiger partial charge in [-0.2, -0.15) is 10.1 Å². The summed E-state index contributed by atoms with van der Waals surface area (Å²) >= 11 is 0. The predicted octanol–water partition coefficient (Wildman–Crippen LogP) is 2.69. The van der Waals surface area contributed by atoms with Gasteiger partial charge in [0.1, 0.15) is 12.7 Å². The highest BCUT2D eigenvalue weighted by atomic mass is 16.5. The Hall–Kier alpha value is -2.54. The van der Waals surface area contributed by atoms with Crippen LogP contribution in [0.4, 0.5) is 0 Å². The molecule has 0 amide bonds. The summed E-state index contributed by atoms with van der Waals surface area (Å²) in [6.45, 7) is 4.63. The maximum absolute atomic E-state index is 5.52. The zero-order valence-corrected chi connectivity index (χ0v) is 14.4. The second-order valence-corrected chi connectivity index (χ2v) is 6.56. The average Bonchev–Trinajstić information content (AvgIpc) is 3.29. The van der Waals surface area contributed by atoms with Crippen LogP contribution in [0.15, 0.2) is 41.4 Å². The minimum Gasteiger partial charge on any atom is -0.338 e. The fourth-order valence-corrected chi connectivity index (χ4v) is 3.44. The average molecular weight is 338 g/mol. The molecule has 1 atom stereocenters. The van der Waals surface area contributed by atoms with Gasteiger partial charge in [-0.3, -0.25) is 9.58 Å². The highest BCUT2D eigenvalue weighted by molar-refractivity contribution is 5.58. The number of aromatic nitrogens is 5. The third-order valence-electron chi connectivity index (χ3n) is 4.81. The van der Waals surface area contributed by atoms with Crippen LogP contribution in [-0.4, -0.2) is 42.4 Å². The lowest BCUT2D eigenvalue weighted by molar-refractivity contribution is 0.108. The fraction of sp³-hybridized carbons (Fsp3) is 0.444. The van der Waals surface area contributed by atoms with Gasteiger partial charge in [-0.05, 0) is 31.9 Å². The molecule has 130 valence electrons. The number of piperidine rings is 1. The first-order valence-corrected chi connectivity index (χ1v) is 8.74. The molecule has 7 nitrogen and oxygen atoms in total. The lowest BCUT2D eigenvalue weighted by atomic mass is 10.0. The van der Waals surface area contributed by atoms with Crippen molar-refractivity contribution in [1.29, 1.82) is 0 Å². The van der Waals surface area contributed by atoms with E-state index in [4.69, 9.17) is 4.52 Å². The van der Waals surface area contributed by atoms with Crippen LogP contribution >= 0.6 is 0 Å². The fourth-order valence-electron chi connectivity index (χ4n) is 3.44. The minimum atomic E-state index is 0.421. The van der Waals surface area contributed by atoms with E-state index in [9.17, 15) is 0 Å². The summed E-state index contributed by atoms with van der Waals surface area (Å²) in [6.07, 6.45) is 6.95. The molecule has 1 aromatic carbocycles. The van der Waals surface area contributed by atoms with Crippen LogP contribution in [0.3, 0.4) is 0 Å². The summed E-state index contributed by atoms with van der Waals surface area (Å²) in [5.41, 5.74) is 2.17. The summed E-state index contributed by atoms with van der Waals surface area (Å²) in [6, 6.07) is 8.52. The van der Waals surface area contributed by atoms with Crippen molar-refractivity contribution in [2.75, 3.05) is 6.54 Å². The molecule has 0 N–H and O–H groups in total. The van der Waals surface area contributed by atoms with Crippen LogP contribution in [0, 0.1) is 6.92 Å². The topological polar surface area (TPSA) is 72.9 Å². The molecule has 4 rings (SSSR count). The Bertz CT molecular complexity index is 813. The van der Waals surface area contributed by atoms with Crippen LogP contribution in [-0.2, 0) is 13.1 Å². The summed E-state index contributed by atoms with van der Waals surface area (Å²) in [7, 11) is 0. The number of hydrogen-bond acceptors (Lipinski definition) is 6. The Morgan fingerprint density at radius 1 is 1.24 bits per heavy atom. The lowest BCUT2D eigenvalue weighted by Gasteiger charge is -2.34. The van der Waals surface area contributed by atoms with E-state index in [0.29, 0.717) is 24.3 Å². The van der Waals surface area contributed by atoms with E-state index in [1.165, 1.54) is 12.8 Å². The molecule has 3 aromatic rings. The van der Waals surface area contributed by atoms with Crippen LogP contribution in [0.25, 0.3) is 11.4 Å². The van der Waals surface area contributed by atoms with Gasteiger partial charge < -0.3 is 4.52 Å². The molecule has 1 saturated heterocycles. The van der Waals surface area contributed by atoms with Crippen LogP contribution in [0.1, 0.15) is 30.7 Å². The van der Waals surface area contributed by atoms with Gasteiger partial charge in [0.15, 0.2) is 0 Å². The first-order valence-electron chi connectivity index (χ1n) is 8.74. The van der Waals surface area contributed by atoms with Crippen LogP contribution < -0.4 is 0 Å². The van der Waals surface area contributed by atoms with Crippen molar-refractivity contribution in [3.8, 4) is 11.4 Å². The van der Waals surface area contributed by atoms with Gasteiger partial charge in [-0.1, -0.05) is 35.8 Å². The third-order valence-corrected chi connectivity index (χ3v) is 4.81. The molecule has 1 aliphatic heterocycles. The number of nitrogens with zero attached hydrogens (tertiary/aromatic N) is 6. The maximum atomic E-state index is 5.52. The molecule has 25 heavy (non-hydrogen) atoms. The van der Waals surface area contributed by atoms with Gasteiger partial charge in [0.05, 0.1) is 13.1 Å². The minimum absolute atomic E-state index is 0.421. The van der Waals surface area contributed by atoms with Crippen molar-refractivity contribution in [1.82, 2.24) is 29.8 Å². The van der Waals surface area contributed by atoms with E-state index in [-0.39, 0.29) is 0 Å². The van der Waals surface area contributed by atoms with Crippen LogP contribution in [0.5, 0.6) is 0 Å². The van der Waals surface area contributed by atoms with Crippen molar-refractivity contribution in [3.63, 3.8) is 0 Å². The van der Waals surface area contributed by atoms with Gasteiger partial charge in [-0.15, -0.1) is 0 Å². The first kappa shape index (κ1) is 16.0. The summed E-state index contributed by atoms with van der Waals surface area (Å²) < 4.78 is 7.42. The van der Waals surface area contributed by atoms with Crippen molar-refractivity contribution in [2.24, 2.45) is 0 Å². The number of rotatable bonds is 5. The van der Waals surface area contributed by atoms with Crippen molar-refractivity contribution < 1.29 is 4.52 Å². The first-order chi connectivity index (χ1) is 12.3. The monoisotopic (exact) mass is 338 g/mol. The number of hydrogen-bond donors (Lipinski definition) is 0. The summed E-state index contributed by atoms with van der Waals surface area (Å²) in [4.78, 5) is 11.1. The molecule has 1 fully saturated rings. The van der Waals surface area contributed by atoms with E-state index in [0.717, 1.165) is 30.6 Å². The molecule has 3 heterocycles. The molecule has 7 heteroatoms. The van der Waals surface area contributed by atoms with E-state index in [2.05, 4.69) is 38.1 Å². The Kier molecular flexibility index (Phi) is 4.56.